The Bertz CT molecular complexity index is 430. The van der Waals surface area contributed by atoms with Crippen molar-refractivity contribution in [2.45, 2.75) is 20.5 Å². The minimum absolute atomic E-state index is 0. The number of hydrogen-bond acceptors (Lipinski definition) is 3. The second-order valence-corrected chi connectivity index (χ2v) is 3.98. The summed E-state index contributed by atoms with van der Waals surface area (Å²) in [5, 5.41) is 2.59. The van der Waals surface area contributed by atoms with Crippen molar-refractivity contribution in [3.8, 4) is 5.75 Å². The molecule has 0 aromatic heterocycles. The summed E-state index contributed by atoms with van der Waals surface area (Å²) in [6.07, 6.45) is 0. The highest BCUT2D eigenvalue weighted by Crippen LogP contribution is 2.24. The zero-order valence-electron chi connectivity index (χ0n) is 10.7. The van der Waals surface area contributed by atoms with Crippen molar-refractivity contribution in [3.63, 3.8) is 0 Å². The van der Waals surface area contributed by atoms with E-state index in [-0.39, 0.29) is 36.5 Å². The summed E-state index contributed by atoms with van der Waals surface area (Å²) in [6, 6.07) is 4.58. The van der Waals surface area contributed by atoms with Gasteiger partial charge in [0.15, 0.2) is 0 Å². The number of carbonyl (C=O) groups is 1. The van der Waals surface area contributed by atoms with Gasteiger partial charge in [-0.3, -0.25) is 4.79 Å². The molecule has 1 amide bonds. The molecule has 108 valence electrons. The van der Waals surface area contributed by atoms with E-state index in [0.717, 1.165) is 0 Å². The Balaban J connectivity index is 0.00000324. The van der Waals surface area contributed by atoms with Crippen LogP contribution in [0.25, 0.3) is 0 Å². The zero-order valence-corrected chi connectivity index (χ0v) is 11.5. The summed E-state index contributed by atoms with van der Waals surface area (Å²) in [5.41, 5.74) is 6.34. The Labute approximate surface area is 116 Å². The summed E-state index contributed by atoms with van der Waals surface area (Å²) in [6.45, 7) is 0.655. The van der Waals surface area contributed by atoms with E-state index in [2.05, 4.69) is 10.1 Å². The van der Waals surface area contributed by atoms with E-state index in [9.17, 15) is 13.6 Å². The van der Waals surface area contributed by atoms with Crippen molar-refractivity contribution in [1.82, 2.24) is 0 Å². The third-order valence-electron chi connectivity index (χ3n) is 2.47. The third kappa shape index (κ3) is 5.40. The van der Waals surface area contributed by atoms with E-state index < -0.39 is 6.61 Å². The van der Waals surface area contributed by atoms with E-state index in [1.807, 2.05) is 0 Å². The first-order valence-corrected chi connectivity index (χ1v) is 5.50. The maximum absolute atomic E-state index is 12.2. The number of carbonyl (C=O) groups excluding carboxylic acids is 1. The van der Waals surface area contributed by atoms with Crippen LogP contribution in [-0.4, -0.2) is 19.1 Å². The number of ether oxygens (including phenoxy) is 1. The summed E-state index contributed by atoms with van der Waals surface area (Å²) in [4.78, 5) is 11.6. The summed E-state index contributed by atoms with van der Waals surface area (Å²) in [5.74, 6) is -0.557. The number of nitrogens with one attached hydrogen (secondary N) is 1. The van der Waals surface area contributed by atoms with E-state index in [1.165, 1.54) is 6.07 Å². The number of nitrogens with two attached hydrogens (primary N) is 1. The Morgan fingerprint density at radius 1 is 1.47 bits per heavy atom. The fraction of sp³-hybridized carbons (Fsp3) is 0.417. The molecule has 0 bridgehead atoms. The summed E-state index contributed by atoms with van der Waals surface area (Å²) >= 11 is 0. The predicted octanol–water partition coefficient (Wildman–Crippen LogP) is 2.55. The number of halogens is 3. The minimum atomic E-state index is -2.89. The van der Waals surface area contributed by atoms with Gasteiger partial charge in [-0.05, 0) is 18.6 Å². The lowest BCUT2D eigenvalue weighted by atomic mass is 10.1. The largest absolute Gasteiger partial charge is 0.434 e. The van der Waals surface area contributed by atoms with Gasteiger partial charge < -0.3 is 15.8 Å². The number of hydrogen-bond donors (Lipinski definition) is 2. The fourth-order valence-corrected chi connectivity index (χ4v) is 1.27. The van der Waals surface area contributed by atoms with Crippen LogP contribution < -0.4 is 15.8 Å². The molecule has 0 saturated heterocycles. The molecule has 0 spiro atoms. The van der Waals surface area contributed by atoms with E-state index in [0.29, 0.717) is 11.3 Å². The van der Waals surface area contributed by atoms with Crippen molar-refractivity contribution in [2.75, 3.05) is 11.9 Å². The molecule has 1 unspecified atom stereocenters. The highest BCUT2D eigenvalue weighted by molar-refractivity contribution is 5.92. The van der Waals surface area contributed by atoms with Crippen molar-refractivity contribution in [1.29, 1.82) is 0 Å². The number of anilines is 1. The Hall–Kier alpha value is -1.40. The third-order valence-corrected chi connectivity index (χ3v) is 2.47. The van der Waals surface area contributed by atoms with E-state index in [4.69, 9.17) is 5.73 Å². The second kappa shape index (κ2) is 7.91. The van der Waals surface area contributed by atoms with Crippen LogP contribution in [0.4, 0.5) is 14.5 Å². The lowest BCUT2D eigenvalue weighted by Gasteiger charge is -2.13. The van der Waals surface area contributed by atoms with Crippen LogP contribution in [0.2, 0.25) is 0 Å². The second-order valence-electron chi connectivity index (χ2n) is 3.98. The predicted molar refractivity (Wildman–Crippen MR) is 71.9 cm³/mol. The van der Waals surface area contributed by atoms with Gasteiger partial charge in [-0.25, -0.2) is 0 Å². The maximum Gasteiger partial charge on any atom is 0.387 e. The number of benzene rings is 1. The average Bonchev–Trinajstić information content (AvgIpc) is 2.31. The molecular formula is C12H17ClF2N2O2. The number of rotatable bonds is 5. The van der Waals surface area contributed by atoms with Gasteiger partial charge in [0.2, 0.25) is 5.91 Å². The minimum Gasteiger partial charge on any atom is -0.434 e. The van der Waals surface area contributed by atoms with Crippen molar-refractivity contribution >= 4 is 24.0 Å². The maximum atomic E-state index is 12.2. The molecular weight excluding hydrogens is 278 g/mol. The fourth-order valence-electron chi connectivity index (χ4n) is 1.27. The molecule has 0 aliphatic carbocycles. The van der Waals surface area contributed by atoms with Gasteiger partial charge in [-0.2, -0.15) is 8.78 Å². The first-order valence-electron chi connectivity index (χ1n) is 5.50. The number of amides is 1. The smallest absolute Gasteiger partial charge is 0.387 e. The average molecular weight is 295 g/mol. The van der Waals surface area contributed by atoms with Gasteiger partial charge in [-0.15, -0.1) is 12.4 Å². The Morgan fingerprint density at radius 2 is 2.11 bits per heavy atom. The Morgan fingerprint density at radius 3 is 2.63 bits per heavy atom. The molecule has 1 rings (SSSR count). The highest BCUT2D eigenvalue weighted by Gasteiger charge is 2.13. The van der Waals surface area contributed by atoms with Crippen LogP contribution >= 0.6 is 12.4 Å². The molecule has 4 nitrogen and oxygen atoms in total. The lowest BCUT2D eigenvalue weighted by molar-refractivity contribution is -0.119. The lowest BCUT2D eigenvalue weighted by Crippen LogP contribution is -2.26. The van der Waals surface area contributed by atoms with Gasteiger partial charge in [-0.1, -0.05) is 13.0 Å². The standard InChI is InChI=1S/C12H16F2N2O2.ClH/c1-7-3-4-9(5-10(7)18-12(13)14)16-11(17)8(2)6-15;/h3-5,8,12H,6,15H2,1-2H3,(H,16,17);1H. The van der Waals surface area contributed by atoms with E-state index in [1.54, 1.807) is 26.0 Å². The molecule has 0 aliphatic heterocycles. The summed E-state index contributed by atoms with van der Waals surface area (Å²) in [7, 11) is 0. The molecule has 0 aliphatic rings. The van der Waals surface area contributed by atoms with Crippen molar-refractivity contribution in [3.05, 3.63) is 23.8 Å². The van der Waals surface area contributed by atoms with Gasteiger partial charge >= 0.3 is 6.61 Å². The molecule has 1 aromatic carbocycles. The monoisotopic (exact) mass is 294 g/mol. The molecule has 1 aromatic rings. The van der Waals surface area contributed by atoms with Crippen LogP contribution in [0.3, 0.4) is 0 Å². The van der Waals surface area contributed by atoms with Crippen LogP contribution in [0, 0.1) is 12.8 Å². The normalized spacial score (nSPS) is 11.7. The van der Waals surface area contributed by atoms with Crippen molar-refractivity contribution < 1.29 is 18.3 Å². The molecule has 7 heteroatoms. The first kappa shape index (κ1) is 17.6. The molecule has 3 N–H and O–H groups in total. The Kier molecular flexibility index (Phi) is 7.33. The van der Waals surface area contributed by atoms with Crippen LogP contribution in [0.15, 0.2) is 18.2 Å². The van der Waals surface area contributed by atoms with Gasteiger partial charge in [0.05, 0.1) is 0 Å². The SMILES string of the molecule is Cc1ccc(NC(=O)C(C)CN)cc1OC(F)F.Cl. The molecule has 1 atom stereocenters. The zero-order chi connectivity index (χ0) is 13.7. The topological polar surface area (TPSA) is 64.4 Å². The quantitative estimate of drug-likeness (QED) is 0.877. The van der Waals surface area contributed by atoms with Crippen LogP contribution in [0.5, 0.6) is 5.75 Å². The molecule has 0 fully saturated rings. The van der Waals surface area contributed by atoms with Crippen molar-refractivity contribution in [2.24, 2.45) is 11.7 Å². The van der Waals surface area contributed by atoms with Gasteiger partial charge in [0.25, 0.3) is 0 Å². The molecule has 0 heterocycles. The van der Waals surface area contributed by atoms with Crippen LogP contribution in [0.1, 0.15) is 12.5 Å². The van der Waals surface area contributed by atoms with Crippen LogP contribution in [-0.2, 0) is 4.79 Å². The number of aryl methyl sites for hydroxylation is 1. The highest BCUT2D eigenvalue weighted by atomic mass is 35.5. The molecule has 19 heavy (non-hydrogen) atoms. The molecule has 0 radical (unpaired) electrons. The first-order chi connectivity index (χ1) is 8.43. The number of alkyl halides is 2. The van der Waals surface area contributed by atoms with Gasteiger partial charge in [0.1, 0.15) is 5.75 Å². The van der Waals surface area contributed by atoms with E-state index >= 15 is 0 Å². The summed E-state index contributed by atoms with van der Waals surface area (Å²) < 4.78 is 28.6. The van der Waals surface area contributed by atoms with Gasteiger partial charge in [0, 0.05) is 24.2 Å². The molecule has 0 saturated carbocycles.